The molecule has 124 valence electrons. The van der Waals surface area contributed by atoms with Crippen molar-refractivity contribution in [2.75, 3.05) is 32.0 Å². The number of anilines is 1. The summed E-state index contributed by atoms with van der Waals surface area (Å²) in [4.78, 5) is 14.7. The standard InChI is InChI=1S/C18H30N2O2/c1-6-22-18-8-7-15(9-16(18)19)17(21)12-20(10-13(2)3)11-14(4)5/h7-9,13-14H,6,10-12,19H2,1-5H3. The van der Waals surface area contributed by atoms with Crippen LogP contribution in [0.15, 0.2) is 18.2 Å². The van der Waals surface area contributed by atoms with Crippen LogP contribution in [0.25, 0.3) is 0 Å². The van der Waals surface area contributed by atoms with Gasteiger partial charge in [0, 0.05) is 18.7 Å². The molecule has 1 aromatic carbocycles. The number of hydrogen-bond donors (Lipinski definition) is 1. The van der Waals surface area contributed by atoms with Crippen LogP contribution in [-0.4, -0.2) is 36.9 Å². The number of rotatable bonds is 9. The van der Waals surface area contributed by atoms with Gasteiger partial charge < -0.3 is 10.5 Å². The number of nitrogen functional groups attached to an aromatic ring is 1. The SMILES string of the molecule is CCOc1ccc(C(=O)CN(CC(C)C)CC(C)C)cc1N. The highest BCUT2D eigenvalue weighted by atomic mass is 16.5. The van der Waals surface area contributed by atoms with E-state index in [1.165, 1.54) is 0 Å². The Kier molecular flexibility index (Phi) is 7.39. The molecule has 0 spiro atoms. The van der Waals surface area contributed by atoms with Gasteiger partial charge in [0.15, 0.2) is 5.78 Å². The van der Waals surface area contributed by atoms with Crippen molar-refractivity contribution in [3.8, 4) is 5.75 Å². The monoisotopic (exact) mass is 306 g/mol. The molecule has 4 heteroatoms. The smallest absolute Gasteiger partial charge is 0.176 e. The largest absolute Gasteiger partial charge is 0.492 e. The van der Waals surface area contributed by atoms with Crippen molar-refractivity contribution in [2.24, 2.45) is 11.8 Å². The normalized spacial score (nSPS) is 11.5. The molecule has 0 atom stereocenters. The molecule has 0 heterocycles. The molecule has 0 aliphatic rings. The Labute approximate surface area is 134 Å². The summed E-state index contributed by atoms with van der Waals surface area (Å²) >= 11 is 0. The Hall–Kier alpha value is -1.55. The fourth-order valence-electron chi connectivity index (χ4n) is 2.54. The molecule has 2 N–H and O–H groups in total. The molecule has 0 bridgehead atoms. The Balaban J connectivity index is 2.78. The molecule has 1 aromatic rings. The van der Waals surface area contributed by atoms with E-state index in [1.807, 2.05) is 6.92 Å². The molecule has 0 aliphatic carbocycles. The van der Waals surface area contributed by atoms with E-state index in [4.69, 9.17) is 10.5 Å². The number of benzene rings is 1. The third-order valence-corrected chi connectivity index (χ3v) is 3.25. The molecule has 0 unspecified atom stereocenters. The topological polar surface area (TPSA) is 55.6 Å². The summed E-state index contributed by atoms with van der Waals surface area (Å²) in [6.07, 6.45) is 0. The molecular formula is C18H30N2O2. The summed E-state index contributed by atoms with van der Waals surface area (Å²) in [7, 11) is 0. The number of ether oxygens (including phenoxy) is 1. The Morgan fingerprint density at radius 1 is 1.18 bits per heavy atom. The van der Waals surface area contributed by atoms with Crippen LogP contribution in [0.5, 0.6) is 5.75 Å². The zero-order valence-electron chi connectivity index (χ0n) is 14.6. The number of hydrogen-bond acceptors (Lipinski definition) is 4. The second kappa shape index (κ2) is 8.79. The van der Waals surface area contributed by atoms with Gasteiger partial charge >= 0.3 is 0 Å². The third kappa shape index (κ3) is 6.06. The highest BCUT2D eigenvalue weighted by Gasteiger charge is 2.16. The lowest BCUT2D eigenvalue weighted by Crippen LogP contribution is -2.35. The Morgan fingerprint density at radius 2 is 1.77 bits per heavy atom. The number of Topliss-reactive ketones (excluding diaryl/α,β-unsaturated/α-hetero) is 1. The van der Waals surface area contributed by atoms with Crippen LogP contribution < -0.4 is 10.5 Å². The first kappa shape index (κ1) is 18.5. The molecule has 0 saturated heterocycles. The minimum atomic E-state index is 0.107. The first-order chi connectivity index (χ1) is 10.3. The van der Waals surface area contributed by atoms with Crippen LogP contribution in [0.1, 0.15) is 45.0 Å². The van der Waals surface area contributed by atoms with Gasteiger partial charge in [0.2, 0.25) is 0 Å². The maximum atomic E-state index is 12.5. The van der Waals surface area contributed by atoms with E-state index in [2.05, 4.69) is 32.6 Å². The molecular weight excluding hydrogens is 276 g/mol. The number of carbonyl (C=O) groups excluding carboxylic acids is 1. The van der Waals surface area contributed by atoms with Gasteiger partial charge in [0.1, 0.15) is 5.75 Å². The summed E-state index contributed by atoms with van der Waals surface area (Å²) in [5.41, 5.74) is 7.12. The van der Waals surface area contributed by atoms with Crippen molar-refractivity contribution in [3.63, 3.8) is 0 Å². The van der Waals surface area contributed by atoms with E-state index in [1.54, 1.807) is 18.2 Å². The molecule has 0 aromatic heterocycles. The molecule has 4 nitrogen and oxygen atoms in total. The predicted octanol–water partition coefficient (Wildman–Crippen LogP) is 3.46. The molecule has 0 fully saturated rings. The molecule has 0 radical (unpaired) electrons. The van der Waals surface area contributed by atoms with Crippen molar-refractivity contribution in [1.29, 1.82) is 0 Å². The van der Waals surface area contributed by atoms with E-state index >= 15 is 0 Å². The van der Waals surface area contributed by atoms with Crippen LogP contribution in [0.3, 0.4) is 0 Å². The van der Waals surface area contributed by atoms with Gasteiger partial charge in [-0.05, 0) is 37.0 Å². The van der Waals surface area contributed by atoms with Gasteiger partial charge in [-0.15, -0.1) is 0 Å². The van der Waals surface area contributed by atoms with Crippen molar-refractivity contribution >= 4 is 11.5 Å². The van der Waals surface area contributed by atoms with Gasteiger partial charge in [0.25, 0.3) is 0 Å². The first-order valence-electron chi connectivity index (χ1n) is 8.11. The van der Waals surface area contributed by atoms with E-state index in [9.17, 15) is 4.79 Å². The predicted molar refractivity (Wildman–Crippen MR) is 92.5 cm³/mol. The summed E-state index contributed by atoms with van der Waals surface area (Å²) in [5.74, 6) is 1.82. The summed E-state index contributed by atoms with van der Waals surface area (Å²) in [5, 5.41) is 0. The van der Waals surface area contributed by atoms with Crippen molar-refractivity contribution in [2.45, 2.75) is 34.6 Å². The zero-order valence-corrected chi connectivity index (χ0v) is 14.6. The number of nitrogens with zero attached hydrogens (tertiary/aromatic N) is 1. The van der Waals surface area contributed by atoms with Crippen LogP contribution in [0, 0.1) is 11.8 Å². The fraction of sp³-hybridized carbons (Fsp3) is 0.611. The molecule has 1 rings (SSSR count). The fourth-order valence-corrected chi connectivity index (χ4v) is 2.54. The van der Waals surface area contributed by atoms with Gasteiger partial charge in [-0.3, -0.25) is 9.69 Å². The highest BCUT2D eigenvalue weighted by molar-refractivity contribution is 5.98. The van der Waals surface area contributed by atoms with Crippen molar-refractivity contribution in [3.05, 3.63) is 23.8 Å². The quantitative estimate of drug-likeness (QED) is 0.561. The number of carbonyl (C=O) groups is 1. The average Bonchev–Trinajstić information content (AvgIpc) is 2.39. The average molecular weight is 306 g/mol. The van der Waals surface area contributed by atoms with Crippen LogP contribution >= 0.6 is 0 Å². The number of nitrogens with two attached hydrogens (primary N) is 1. The van der Waals surface area contributed by atoms with Crippen LogP contribution in [0.2, 0.25) is 0 Å². The zero-order chi connectivity index (χ0) is 16.7. The van der Waals surface area contributed by atoms with Gasteiger partial charge in [-0.1, -0.05) is 27.7 Å². The lowest BCUT2D eigenvalue weighted by atomic mass is 10.1. The van der Waals surface area contributed by atoms with E-state index < -0.39 is 0 Å². The highest BCUT2D eigenvalue weighted by Crippen LogP contribution is 2.23. The van der Waals surface area contributed by atoms with Crippen LogP contribution in [0.4, 0.5) is 5.69 Å². The Morgan fingerprint density at radius 3 is 2.23 bits per heavy atom. The minimum Gasteiger partial charge on any atom is -0.492 e. The molecule has 0 aliphatic heterocycles. The molecule has 0 amide bonds. The van der Waals surface area contributed by atoms with Gasteiger partial charge in [-0.25, -0.2) is 0 Å². The van der Waals surface area contributed by atoms with Crippen LogP contribution in [-0.2, 0) is 0 Å². The molecule has 22 heavy (non-hydrogen) atoms. The third-order valence-electron chi connectivity index (χ3n) is 3.25. The lowest BCUT2D eigenvalue weighted by molar-refractivity contribution is 0.0912. The first-order valence-corrected chi connectivity index (χ1v) is 8.11. The Bertz CT molecular complexity index is 474. The van der Waals surface area contributed by atoms with Crippen molar-refractivity contribution < 1.29 is 9.53 Å². The van der Waals surface area contributed by atoms with Crippen molar-refractivity contribution in [1.82, 2.24) is 4.90 Å². The maximum Gasteiger partial charge on any atom is 0.176 e. The lowest BCUT2D eigenvalue weighted by Gasteiger charge is -2.25. The van der Waals surface area contributed by atoms with E-state index in [-0.39, 0.29) is 5.78 Å². The number of ketones is 1. The second-order valence-corrected chi connectivity index (χ2v) is 6.59. The summed E-state index contributed by atoms with van der Waals surface area (Å²) < 4.78 is 5.41. The van der Waals surface area contributed by atoms with Gasteiger partial charge in [-0.2, -0.15) is 0 Å². The minimum absolute atomic E-state index is 0.107. The maximum absolute atomic E-state index is 12.5. The van der Waals surface area contributed by atoms with E-state index in [0.717, 1.165) is 13.1 Å². The second-order valence-electron chi connectivity index (χ2n) is 6.59. The summed E-state index contributed by atoms with van der Waals surface area (Å²) in [6, 6.07) is 5.30. The molecule has 0 saturated carbocycles. The van der Waals surface area contributed by atoms with Gasteiger partial charge in [0.05, 0.1) is 18.8 Å². The van der Waals surface area contributed by atoms with E-state index in [0.29, 0.717) is 42.0 Å². The summed E-state index contributed by atoms with van der Waals surface area (Å²) in [6.45, 7) is 13.5.